The summed E-state index contributed by atoms with van der Waals surface area (Å²) < 4.78 is 5.72. The molecule has 2 aliphatic rings. The van der Waals surface area contributed by atoms with Gasteiger partial charge in [-0.25, -0.2) is 0 Å². The lowest BCUT2D eigenvalue weighted by Crippen LogP contribution is -2.49. The summed E-state index contributed by atoms with van der Waals surface area (Å²) in [5.74, 6) is 2.49. The number of carbonyl (C=O) groups is 1. The lowest BCUT2D eigenvalue weighted by molar-refractivity contribution is -0.139. The predicted molar refractivity (Wildman–Crippen MR) is 99.3 cm³/mol. The highest BCUT2D eigenvalue weighted by molar-refractivity contribution is 7.99. The van der Waals surface area contributed by atoms with Gasteiger partial charge in [0, 0.05) is 44.3 Å². The van der Waals surface area contributed by atoms with Gasteiger partial charge in [-0.3, -0.25) is 9.69 Å². The third-order valence-corrected chi connectivity index (χ3v) is 5.86. The molecule has 0 saturated carbocycles. The molecular weight excluding hydrogens is 320 g/mol. The second-order valence-electron chi connectivity index (χ2n) is 6.44. The zero-order chi connectivity index (χ0) is 16.8. The van der Waals surface area contributed by atoms with Crippen molar-refractivity contribution in [2.45, 2.75) is 31.9 Å². The maximum Gasteiger partial charge on any atom is 0.244 e. The van der Waals surface area contributed by atoms with Crippen LogP contribution in [0.25, 0.3) is 0 Å². The second-order valence-corrected chi connectivity index (χ2v) is 7.67. The summed E-state index contributed by atoms with van der Waals surface area (Å²) in [6.45, 7) is 6.41. The SMILES string of the molecule is CCOC1CCN(C(=O)[C@@H](c2ccccc2)N2CCSCC2)CC1. The number of carbonyl (C=O) groups excluding carboxylic acids is 1. The molecule has 0 radical (unpaired) electrons. The summed E-state index contributed by atoms with van der Waals surface area (Å²) in [6.07, 6.45) is 2.23. The van der Waals surface area contributed by atoms with Gasteiger partial charge in [-0.2, -0.15) is 11.8 Å². The quantitative estimate of drug-likeness (QED) is 0.819. The van der Waals surface area contributed by atoms with E-state index in [1.165, 1.54) is 0 Å². The van der Waals surface area contributed by atoms with Crippen LogP contribution in [0, 0.1) is 0 Å². The fraction of sp³-hybridized carbons (Fsp3) is 0.632. The first-order valence-electron chi connectivity index (χ1n) is 9.06. The van der Waals surface area contributed by atoms with E-state index in [9.17, 15) is 4.79 Å². The Labute approximate surface area is 149 Å². The predicted octanol–water partition coefficient (Wildman–Crippen LogP) is 2.80. The van der Waals surface area contributed by atoms with Crippen LogP contribution in [0.4, 0.5) is 0 Å². The molecule has 1 aromatic carbocycles. The molecule has 2 heterocycles. The van der Waals surface area contributed by atoms with Gasteiger partial charge in [0.25, 0.3) is 0 Å². The molecule has 4 nitrogen and oxygen atoms in total. The number of ether oxygens (including phenoxy) is 1. The molecule has 2 saturated heterocycles. The Morgan fingerprint density at radius 2 is 1.83 bits per heavy atom. The number of rotatable bonds is 5. The van der Waals surface area contributed by atoms with E-state index in [4.69, 9.17) is 4.74 Å². The molecule has 24 heavy (non-hydrogen) atoms. The number of piperidine rings is 1. The van der Waals surface area contributed by atoms with Crippen LogP contribution in [0.1, 0.15) is 31.4 Å². The van der Waals surface area contributed by atoms with Gasteiger partial charge in [0.05, 0.1) is 6.10 Å². The van der Waals surface area contributed by atoms with Gasteiger partial charge in [-0.05, 0) is 25.3 Å². The normalized spacial score (nSPS) is 21.6. The number of thioether (sulfide) groups is 1. The Morgan fingerprint density at radius 3 is 2.46 bits per heavy atom. The molecular formula is C19H28N2O2S. The standard InChI is InChI=1S/C19H28N2O2S/c1-2-23-17-8-10-21(11-9-17)19(22)18(16-6-4-3-5-7-16)20-12-14-24-15-13-20/h3-7,17-18H,2,8-15H2,1H3/t18-/m1/s1. The van der Waals surface area contributed by atoms with E-state index in [1.54, 1.807) is 0 Å². The molecule has 132 valence electrons. The lowest BCUT2D eigenvalue weighted by atomic mass is 10.0. The van der Waals surface area contributed by atoms with E-state index in [2.05, 4.69) is 21.9 Å². The Bertz CT molecular complexity index is 511. The number of likely N-dealkylation sites (tertiary alicyclic amines) is 1. The Hall–Kier alpha value is -1.04. The average Bonchev–Trinajstić information content (AvgIpc) is 2.64. The lowest BCUT2D eigenvalue weighted by Gasteiger charge is -2.39. The van der Waals surface area contributed by atoms with Crippen LogP contribution >= 0.6 is 11.8 Å². The van der Waals surface area contributed by atoms with Crippen molar-refractivity contribution in [2.75, 3.05) is 44.3 Å². The summed E-state index contributed by atoms with van der Waals surface area (Å²) in [4.78, 5) is 17.7. The summed E-state index contributed by atoms with van der Waals surface area (Å²) in [6, 6.07) is 10.2. The molecule has 1 amide bonds. The number of hydrogen-bond acceptors (Lipinski definition) is 4. The second kappa shape index (κ2) is 8.88. The Balaban J connectivity index is 1.72. The molecule has 0 N–H and O–H groups in total. The number of hydrogen-bond donors (Lipinski definition) is 0. The third-order valence-electron chi connectivity index (χ3n) is 4.92. The van der Waals surface area contributed by atoms with E-state index in [1.807, 2.05) is 36.9 Å². The highest BCUT2D eigenvalue weighted by Crippen LogP contribution is 2.27. The van der Waals surface area contributed by atoms with Crippen LogP contribution in [-0.2, 0) is 9.53 Å². The Morgan fingerprint density at radius 1 is 1.17 bits per heavy atom. The fourth-order valence-electron chi connectivity index (χ4n) is 3.63. The molecule has 1 atom stereocenters. The van der Waals surface area contributed by atoms with Crippen molar-refractivity contribution in [3.63, 3.8) is 0 Å². The number of amides is 1. The minimum Gasteiger partial charge on any atom is -0.378 e. The van der Waals surface area contributed by atoms with Gasteiger partial charge < -0.3 is 9.64 Å². The van der Waals surface area contributed by atoms with Crippen molar-refractivity contribution < 1.29 is 9.53 Å². The summed E-state index contributed by atoms with van der Waals surface area (Å²) in [7, 11) is 0. The van der Waals surface area contributed by atoms with Crippen molar-refractivity contribution >= 4 is 17.7 Å². The first kappa shape index (κ1) is 17.8. The Kier molecular flexibility index (Phi) is 6.58. The van der Waals surface area contributed by atoms with Crippen LogP contribution < -0.4 is 0 Å². The zero-order valence-corrected chi connectivity index (χ0v) is 15.3. The molecule has 0 aliphatic carbocycles. The fourth-order valence-corrected chi connectivity index (χ4v) is 4.56. The summed E-state index contributed by atoms with van der Waals surface area (Å²) in [5, 5.41) is 0. The minimum atomic E-state index is -0.129. The van der Waals surface area contributed by atoms with Crippen LogP contribution in [-0.4, -0.2) is 66.1 Å². The monoisotopic (exact) mass is 348 g/mol. The minimum absolute atomic E-state index is 0.129. The molecule has 0 spiro atoms. The topological polar surface area (TPSA) is 32.8 Å². The molecule has 0 aromatic heterocycles. The molecule has 2 aliphatic heterocycles. The van der Waals surface area contributed by atoms with Crippen LogP contribution in [0.2, 0.25) is 0 Å². The molecule has 0 bridgehead atoms. The van der Waals surface area contributed by atoms with E-state index in [-0.39, 0.29) is 11.9 Å². The highest BCUT2D eigenvalue weighted by Gasteiger charge is 2.33. The van der Waals surface area contributed by atoms with E-state index in [0.29, 0.717) is 6.10 Å². The number of nitrogens with zero attached hydrogens (tertiary/aromatic N) is 2. The first-order valence-corrected chi connectivity index (χ1v) is 10.2. The van der Waals surface area contributed by atoms with Crippen molar-refractivity contribution in [2.24, 2.45) is 0 Å². The van der Waals surface area contributed by atoms with Crippen LogP contribution in [0.15, 0.2) is 30.3 Å². The third kappa shape index (κ3) is 4.32. The smallest absolute Gasteiger partial charge is 0.244 e. The van der Waals surface area contributed by atoms with Gasteiger partial charge in [0.2, 0.25) is 5.91 Å². The molecule has 1 aromatic rings. The van der Waals surface area contributed by atoms with Crippen molar-refractivity contribution in [1.29, 1.82) is 0 Å². The molecule has 2 fully saturated rings. The van der Waals surface area contributed by atoms with E-state index in [0.717, 1.165) is 62.7 Å². The largest absolute Gasteiger partial charge is 0.378 e. The van der Waals surface area contributed by atoms with Gasteiger partial charge in [0.1, 0.15) is 6.04 Å². The van der Waals surface area contributed by atoms with Crippen molar-refractivity contribution in [3.05, 3.63) is 35.9 Å². The molecule has 3 rings (SSSR count). The van der Waals surface area contributed by atoms with Crippen LogP contribution in [0.5, 0.6) is 0 Å². The maximum atomic E-state index is 13.3. The first-order chi connectivity index (χ1) is 11.8. The highest BCUT2D eigenvalue weighted by atomic mass is 32.2. The maximum absolute atomic E-state index is 13.3. The van der Waals surface area contributed by atoms with Crippen LogP contribution in [0.3, 0.4) is 0 Å². The van der Waals surface area contributed by atoms with Crippen molar-refractivity contribution in [3.8, 4) is 0 Å². The zero-order valence-electron chi connectivity index (χ0n) is 14.5. The number of benzene rings is 1. The van der Waals surface area contributed by atoms with E-state index < -0.39 is 0 Å². The average molecular weight is 349 g/mol. The molecule has 5 heteroatoms. The summed E-state index contributed by atoms with van der Waals surface area (Å²) in [5.41, 5.74) is 1.13. The molecule has 0 unspecified atom stereocenters. The summed E-state index contributed by atoms with van der Waals surface area (Å²) >= 11 is 1.98. The van der Waals surface area contributed by atoms with Gasteiger partial charge >= 0.3 is 0 Å². The van der Waals surface area contributed by atoms with Crippen molar-refractivity contribution in [1.82, 2.24) is 9.80 Å². The van der Waals surface area contributed by atoms with Gasteiger partial charge in [-0.15, -0.1) is 0 Å². The van der Waals surface area contributed by atoms with E-state index >= 15 is 0 Å². The van der Waals surface area contributed by atoms with Gasteiger partial charge in [-0.1, -0.05) is 30.3 Å². The van der Waals surface area contributed by atoms with Gasteiger partial charge in [0.15, 0.2) is 0 Å².